The van der Waals surface area contributed by atoms with E-state index in [0.29, 0.717) is 0 Å². The number of hydrogen-bond donors (Lipinski definition) is 1. The first kappa shape index (κ1) is 10.1. The van der Waals surface area contributed by atoms with Crippen molar-refractivity contribution < 1.29 is 0 Å². The lowest BCUT2D eigenvalue weighted by Gasteiger charge is -2.00. The number of aryl methyl sites for hydroxylation is 1. The highest BCUT2D eigenvalue weighted by atomic mass is 79.9. The Bertz CT molecular complexity index is 235. The minimum absolute atomic E-state index is 0.994. The third-order valence-corrected chi connectivity index (χ3v) is 2.57. The van der Waals surface area contributed by atoms with Gasteiger partial charge in [-0.15, -0.1) is 0 Å². The Morgan fingerprint density at radius 3 is 2.75 bits per heavy atom. The zero-order valence-corrected chi connectivity index (χ0v) is 9.44. The van der Waals surface area contributed by atoms with Crippen LogP contribution >= 0.6 is 28.6 Å². The lowest BCUT2D eigenvalue weighted by Crippen LogP contribution is -1.85. The summed E-state index contributed by atoms with van der Waals surface area (Å²) in [5.74, 6) is 0.994. The normalized spacial score (nSPS) is 10.2. The van der Waals surface area contributed by atoms with E-state index in [1.807, 2.05) is 0 Å². The number of unbranched alkanes of at least 4 members (excludes halogenated alkanes) is 1. The summed E-state index contributed by atoms with van der Waals surface area (Å²) in [7, 11) is 0. The van der Waals surface area contributed by atoms with Gasteiger partial charge in [0, 0.05) is 4.47 Å². The molecule has 0 saturated carbocycles. The second-order valence-corrected chi connectivity index (χ2v) is 4.17. The van der Waals surface area contributed by atoms with Crippen molar-refractivity contribution in [2.75, 3.05) is 5.75 Å². The predicted molar refractivity (Wildman–Crippen MR) is 60.9 cm³/mol. The molecule has 0 aliphatic heterocycles. The molecule has 0 radical (unpaired) electrons. The molecule has 1 rings (SSSR count). The first-order chi connectivity index (χ1) is 5.83. The molecular formula is C10H13BrS. The predicted octanol–water partition coefficient (Wildman–Crippen LogP) is 3.70. The van der Waals surface area contributed by atoms with E-state index in [-0.39, 0.29) is 0 Å². The summed E-state index contributed by atoms with van der Waals surface area (Å²) >= 11 is 7.63. The summed E-state index contributed by atoms with van der Waals surface area (Å²) in [5, 5.41) is 0. The number of thiol groups is 1. The first-order valence-electron chi connectivity index (χ1n) is 4.18. The van der Waals surface area contributed by atoms with Gasteiger partial charge in [-0.05, 0) is 42.7 Å². The molecule has 66 valence electrons. The van der Waals surface area contributed by atoms with E-state index in [1.165, 1.54) is 29.3 Å². The van der Waals surface area contributed by atoms with Crippen LogP contribution in [0.4, 0.5) is 0 Å². The van der Waals surface area contributed by atoms with Gasteiger partial charge in [-0.25, -0.2) is 0 Å². The minimum Gasteiger partial charge on any atom is -0.179 e. The van der Waals surface area contributed by atoms with E-state index in [1.54, 1.807) is 0 Å². The molecule has 1 aromatic rings. The van der Waals surface area contributed by atoms with Gasteiger partial charge >= 0.3 is 0 Å². The van der Waals surface area contributed by atoms with E-state index < -0.39 is 0 Å². The fourth-order valence-corrected chi connectivity index (χ4v) is 1.80. The lowest BCUT2D eigenvalue weighted by atomic mass is 10.1. The van der Waals surface area contributed by atoms with Gasteiger partial charge in [0.1, 0.15) is 0 Å². The fraction of sp³-hybridized carbons (Fsp3) is 0.400. The molecule has 0 fully saturated rings. The van der Waals surface area contributed by atoms with Gasteiger partial charge in [0.05, 0.1) is 0 Å². The lowest BCUT2D eigenvalue weighted by molar-refractivity contribution is 0.804. The molecule has 0 aliphatic carbocycles. The SMILES string of the molecule is SCCCCc1cccc(Br)c1. The van der Waals surface area contributed by atoms with Crippen molar-refractivity contribution in [2.24, 2.45) is 0 Å². The third kappa shape index (κ3) is 3.63. The molecule has 1 aromatic carbocycles. The molecule has 0 aliphatic rings. The first-order valence-corrected chi connectivity index (χ1v) is 5.61. The molecule has 2 heteroatoms. The molecule has 12 heavy (non-hydrogen) atoms. The van der Waals surface area contributed by atoms with Crippen molar-refractivity contribution in [2.45, 2.75) is 19.3 Å². The maximum atomic E-state index is 4.18. The quantitative estimate of drug-likeness (QED) is 0.606. The maximum Gasteiger partial charge on any atom is 0.0177 e. The molecule has 0 atom stereocenters. The topological polar surface area (TPSA) is 0 Å². The van der Waals surface area contributed by atoms with Crippen LogP contribution in [-0.2, 0) is 6.42 Å². The second kappa shape index (κ2) is 5.65. The van der Waals surface area contributed by atoms with Gasteiger partial charge < -0.3 is 0 Å². The van der Waals surface area contributed by atoms with Crippen LogP contribution in [0.1, 0.15) is 18.4 Å². The highest BCUT2D eigenvalue weighted by Gasteiger charge is 1.93. The minimum atomic E-state index is 0.994. The summed E-state index contributed by atoms with van der Waals surface area (Å²) in [5.41, 5.74) is 1.41. The Morgan fingerprint density at radius 1 is 1.25 bits per heavy atom. The maximum absolute atomic E-state index is 4.18. The molecule has 0 spiro atoms. The molecule has 0 saturated heterocycles. The highest BCUT2D eigenvalue weighted by Crippen LogP contribution is 2.13. The largest absolute Gasteiger partial charge is 0.179 e. The van der Waals surface area contributed by atoms with Crippen molar-refractivity contribution in [3.63, 3.8) is 0 Å². The van der Waals surface area contributed by atoms with E-state index >= 15 is 0 Å². The van der Waals surface area contributed by atoms with Crippen LogP contribution in [0, 0.1) is 0 Å². The average molecular weight is 245 g/mol. The van der Waals surface area contributed by atoms with Gasteiger partial charge in [0.25, 0.3) is 0 Å². The molecule has 0 bridgehead atoms. The van der Waals surface area contributed by atoms with Gasteiger partial charge in [-0.2, -0.15) is 12.6 Å². The zero-order valence-electron chi connectivity index (χ0n) is 6.96. The monoisotopic (exact) mass is 244 g/mol. The molecule has 0 heterocycles. The van der Waals surface area contributed by atoms with Crippen LogP contribution in [-0.4, -0.2) is 5.75 Å². The van der Waals surface area contributed by atoms with E-state index in [4.69, 9.17) is 0 Å². The molecule has 0 unspecified atom stereocenters. The van der Waals surface area contributed by atoms with Crippen LogP contribution in [0.2, 0.25) is 0 Å². The number of rotatable bonds is 4. The Morgan fingerprint density at radius 2 is 2.08 bits per heavy atom. The fourth-order valence-electron chi connectivity index (χ4n) is 1.13. The van der Waals surface area contributed by atoms with Gasteiger partial charge in [-0.3, -0.25) is 0 Å². The Kier molecular flexibility index (Phi) is 4.77. The molecular weight excluding hydrogens is 232 g/mol. The van der Waals surface area contributed by atoms with Gasteiger partial charge in [0.15, 0.2) is 0 Å². The third-order valence-electron chi connectivity index (χ3n) is 1.76. The number of benzene rings is 1. The van der Waals surface area contributed by atoms with E-state index in [9.17, 15) is 0 Å². The molecule has 0 nitrogen and oxygen atoms in total. The molecule has 0 aromatic heterocycles. The summed E-state index contributed by atoms with van der Waals surface area (Å²) in [6.45, 7) is 0. The second-order valence-electron chi connectivity index (χ2n) is 2.81. The molecule has 0 amide bonds. The van der Waals surface area contributed by atoms with Crippen molar-refractivity contribution in [3.8, 4) is 0 Å². The van der Waals surface area contributed by atoms with Crippen LogP contribution < -0.4 is 0 Å². The smallest absolute Gasteiger partial charge is 0.0177 e. The van der Waals surface area contributed by atoms with Gasteiger partial charge in [-0.1, -0.05) is 28.1 Å². The number of halogens is 1. The van der Waals surface area contributed by atoms with Crippen molar-refractivity contribution in [1.82, 2.24) is 0 Å². The van der Waals surface area contributed by atoms with E-state index in [0.717, 1.165) is 5.75 Å². The summed E-state index contributed by atoms with van der Waals surface area (Å²) < 4.78 is 1.17. The Hall–Kier alpha value is 0.0500. The summed E-state index contributed by atoms with van der Waals surface area (Å²) in [6.07, 6.45) is 3.61. The van der Waals surface area contributed by atoms with Gasteiger partial charge in [0.2, 0.25) is 0 Å². The van der Waals surface area contributed by atoms with Crippen LogP contribution in [0.5, 0.6) is 0 Å². The summed E-state index contributed by atoms with van der Waals surface area (Å²) in [6, 6.07) is 8.49. The van der Waals surface area contributed by atoms with Crippen LogP contribution in [0.25, 0.3) is 0 Å². The number of hydrogen-bond acceptors (Lipinski definition) is 1. The standard InChI is InChI=1S/C10H13BrS/c11-10-6-3-5-9(8-10)4-1-2-7-12/h3,5-6,8,12H,1-2,4,7H2. The summed E-state index contributed by atoms with van der Waals surface area (Å²) in [4.78, 5) is 0. The van der Waals surface area contributed by atoms with E-state index in [2.05, 4.69) is 52.8 Å². The van der Waals surface area contributed by atoms with Crippen LogP contribution in [0.15, 0.2) is 28.7 Å². The zero-order chi connectivity index (χ0) is 8.81. The van der Waals surface area contributed by atoms with Crippen molar-refractivity contribution in [1.29, 1.82) is 0 Å². The Labute approximate surface area is 87.9 Å². The molecule has 0 N–H and O–H groups in total. The van der Waals surface area contributed by atoms with Crippen LogP contribution in [0.3, 0.4) is 0 Å². The Balaban J connectivity index is 2.41. The van der Waals surface area contributed by atoms with Crippen molar-refractivity contribution in [3.05, 3.63) is 34.3 Å². The van der Waals surface area contributed by atoms with Crippen molar-refractivity contribution >= 4 is 28.6 Å². The highest BCUT2D eigenvalue weighted by molar-refractivity contribution is 9.10. The average Bonchev–Trinajstić information content (AvgIpc) is 2.05.